The summed E-state index contributed by atoms with van der Waals surface area (Å²) in [5, 5.41) is 21.3. The van der Waals surface area contributed by atoms with Gasteiger partial charge >= 0.3 is 5.97 Å². The molecule has 3 heterocycles. The number of carboxylic acid groups (broad SMARTS) is 1. The predicted molar refractivity (Wildman–Crippen MR) is 140 cm³/mol. The van der Waals surface area contributed by atoms with Gasteiger partial charge in [0.1, 0.15) is 5.75 Å². The molecule has 1 aliphatic rings. The number of nitrogens with zero attached hydrogens (tertiary/aromatic N) is 3. The van der Waals surface area contributed by atoms with E-state index in [1.54, 1.807) is 13.3 Å². The molecule has 3 atom stereocenters. The lowest BCUT2D eigenvalue weighted by Gasteiger charge is -2.39. The molecule has 0 spiro atoms. The number of benzene rings is 1. The molecule has 0 bridgehead atoms. The summed E-state index contributed by atoms with van der Waals surface area (Å²) >= 11 is 0. The zero-order valence-corrected chi connectivity index (χ0v) is 21.1. The first-order valence-corrected chi connectivity index (χ1v) is 13.0. The minimum Gasteiger partial charge on any atom is -0.497 e. The number of piperidine rings is 1. The second-order valence-corrected chi connectivity index (χ2v) is 9.88. The highest BCUT2D eigenvalue weighted by molar-refractivity contribution is 5.83. The van der Waals surface area contributed by atoms with Crippen molar-refractivity contribution in [3.63, 3.8) is 0 Å². The van der Waals surface area contributed by atoms with Gasteiger partial charge in [-0.3, -0.25) is 14.8 Å². The van der Waals surface area contributed by atoms with E-state index in [1.807, 2.05) is 36.7 Å². The number of aliphatic hydroxyl groups is 1. The van der Waals surface area contributed by atoms with Crippen molar-refractivity contribution in [2.24, 2.45) is 11.8 Å². The van der Waals surface area contributed by atoms with Gasteiger partial charge in [0.15, 0.2) is 0 Å². The lowest BCUT2D eigenvalue weighted by molar-refractivity contribution is -0.137. The first-order chi connectivity index (χ1) is 17.5. The molecule has 7 nitrogen and oxygen atoms in total. The van der Waals surface area contributed by atoms with Gasteiger partial charge in [0.25, 0.3) is 0 Å². The van der Waals surface area contributed by atoms with Crippen LogP contribution in [-0.4, -0.2) is 57.8 Å². The first kappa shape index (κ1) is 26.0. The van der Waals surface area contributed by atoms with Gasteiger partial charge in [0, 0.05) is 36.9 Å². The molecular formula is C29H37N3O4. The Hall–Kier alpha value is -3.03. The molecule has 0 unspecified atom stereocenters. The lowest BCUT2D eigenvalue weighted by atomic mass is 9.79. The molecule has 3 aromatic rings. The summed E-state index contributed by atoms with van der Waals surface area (Å²) in [6, 6.07) is 11.7. The number of pyridine rings is 2. The van der Waals surface area contributed by atoms with Gasteiger partial charge < -0.3 is 19.8 Å². The van der Waals surface area contributed by atoms with Gasteiger partial charge in [0.05, 0.1) is 18.7 Å². The van der Waals surface area contributed by atoms with Crippen molar-refractivity contribution in [2.45, 2.75) is 51.0 Å². The minimum absolute atomic E-state index is 0.198. The fourth-order valence-electron chi connectivity index (χ4n) is 5.52. The van der Waals surface area contributed by atoms with E-state index in [4.69, 9.17) is 4.74 Å². The average molecular weight is 492 g/mol. The molecule has 4 rings (SSSR count). The Morgan fingerprint density at radius 2 is 1.97 bits per heavy atom. The van der Waals surface area contributed by atoms with Gasteiger partial charge in [0.2, 0.25) is 0 Å². The number of aromatic nitrogens is 2. The molecule has 0 saturated carbocycles. The number of rotatable bonds is 12. The van der Waals surface area contributed by atoms with Crippen LogP contribution in [0.2, 0.25) is 0 Å². The highest BCUT2D eigenvalue weighted by Crippen LogP contribution is 2.35. The summed E-state index contributed by atoms with van der Waals surface area (Å²) < 4.78 is 5.37. The number of carboxylic acids is 1. The molecule has 36 heavy (non-hydrogen) atoms. The van der Waals surface area contributed by atoms with Crippen LogP contribution in [0.3, 0.4) is 0 Å². The maximum absolute atomic E-state index is 11.3. The van der Waals surface area contributed by atoms with Crippen LogP contribution in [0.15, 0.2) is 55.0 Å². The zero-order chi connectivity index (χ0) is 25.3. The number of fused-ring (bicyclic) bond motifs is 1. The average Bonchev–Trinajstić information content (AvgIpc) is 2.91. The van der Waals surface area contributed by atoms with Crippen LogP contribution in [0.1, 0.15) is 55.8 Å². The largest absolute Gasteiger partial charge is 0.497 e. The fraction of sp³-hybridized carbons (Fsp3) is 0.483. The van der Waals surface area contributed by atoms with Crippen LogP contribution >= 0.6 is 0 Å². The van der Waals surface area contributed by atoms with Gasteiger partial charge in [-0.05, 0) is 111 Å². The standard InChI is InChI=1S/C29H37N3O4/c1-36-24-6-7-27-26(19-24)25(12-16-31-27)28(33)8-4-22-13-18-32(20-23(22)5-9-29(34)35)17-2-3-21-10-14-30-15-11-21/h6-7,10-12,14-16,19,22-23,28,33H,2-5,8-9,13,17-18,20H2,1H3,(H,34,35)/t22-,23-,28-/m1/s1. The Balaban J connectivity index is 1.35. The Labute approximate surface area is 213 Å². The topological polar surface area (TPSA) is 95.8 Å². The van der Waals surface area contributed by atoms with Gasteiger partial charge in [-0.15, -0.1) is 0 Å². The van der Waals surface area contributed by atoms with Crippen LogP contribution in [0.4, 0.5) is 0 Å². The third-order valence-corrected chi connectivity index (χ3v) is 7.55. The number of aliphatic hydroxyl groups excluding tert-OH is 1. The van der Waals surface area contributed by atoms with Crippen LogP contribution < -0.4 is 4.74 Å². The third kappa shape index (κ3) is 7.02. The summed E-state index contributed by atoms with van der Waals surface area (Å²) in [6.07, 6.45) is 10.4. The van der Waals surface area contributed by atoms with Gasteiger partial charge in [-0.2, -0.15) is 0 Å². The number of hydrogen-bond acceptors (Lipinski definition) is 6. The molecule has 7 heteroatoms. The molecule has 2 N–H and O–H groups in total. The van der Waals surface area contributed by atoms with E-state index in [1.165, 1.54) is 5.56 Å². The SMILES string of the molecule is COc1ccc2nccc([C@H](O)CC[C@@H]3CCN(CCCc4ccncc4)C[C@H]3CCC(=O)O)c2c1. The van der Waals surface area contributed by atoms with Crippen molar-refractivity contribution in [3.8, 4) is 5.75 Å². The minimum atomic E-state index is -0.735. The monoisotopic (exact) mass is 491 g/mol. The van der Waals surface area contributed by atoms with E-state index in [-0.39, 0.29) is 6.42 Å². The van der Waals surface area contributed by atoms with E-state index in [2.05, 4.69) is 27.0 Å². The maximum atomic E-state index is 11.3. The van der Waals surface area contributed by atoms with Gasteiger partial charge in [-0.25, -0.2) is 0 Å². The number of carbonyl (C=O) groups is 1. The number of aryl methyl sites for hydroxylation is 1. The molecule has 1 fully saturated rings. The van der Waals surface area contributed by atoms with Crippen LogP contribution in [0.25, 0.3) is 10.9 Å². The van der Waals surface area contributed by atoms with E-state index in [9.17, 15) is 15.0 Å². The van der Waals surface area contributed by atoms with Crippen molar-refractivity contribution < 1.29 is 19.7 Å². The normalized spacial score (nSPS) is 19.3. The molecule has 0 aliphatic carbocycles. The summed E-state index contributed by atoms with van der Waals surface area (Å²) in [4.78, 5) is 22.3. The predicted octanol–water partition coefficient (Wildman–Crippen LogP) is 4.89. The number of methoxy groups -OCH3 is 1. The molecular weight excluding hydrogens is 454 g/mol. The Bertz CT molecular complexity index is 1120. The van der Waals surface area contributed by atoms with Crippen molar-refractivity contribution in [3.05, 3.63) is 66.1 Å². The Morgan fingerprint density at radius 1 is 1.14 bits per heavy atom. The molecule has 2 aromatic heterocycles. The van der Waals surface area contributed by atoms with E-state index < -0.39 is 12.1 Å². The summed E-state index contributed by atoms with van der Waals surface area (Å²) in [5.41, 5.74) is 3.01. The summed E-state index contributed by atoms with van der Waals surface area (Å²) in [5.74, 6) is 0.755. The molecule has 1 aliphatic heterocycles. The Morgan fingerprint density at radius 3 is 2.75 bits per heavy atom. The third-order valence-electron chi connectivity index (χ3n) is 7.55. The maximum Gasteiger partial charge on any atom is 0.303 e. The highest BCUT2D eigenvalue weighted by atomic mass is 16.5. The molecule has 192 valence electrons. The van der Waals surface area contributed by atoms with Crippen LogP contribution in [-0.2, 0) is 11.2 Å². The second-order valence-electron chi connectivity index (χ2n) is 9.88. The zero-order valence-electron chi connectivity index (χ0n) is 21.1. The number of hydrogen-bond donors (Lipinski definition) is 2. The Kier molecular flexibility index (Phi) is 9.25. The van der Waals surface area contributed by atoms with E-state index >= 15 is 0 Å². The van der Waals surface area contributed by atoms with E-state index in [0.717, 1.165) is 67.5 Å². The smallest absolute Gasteiger partial charge is 0.303 e. The molecule has 0 radical (unpaired) electrons. The molecule has 0 amide bonds. The quantitative estimate of drug-likeness (QED) is 0.372. The molecule has 1 saturated heterocycles. The van der Waals surface area contributed by atoms with Crippen LogP contribution in [0.5, 0.6) is 5.75 Å². The van der Waals surface area contributed by atoms with Crippen molar-refractivity contribution in [1.29, 1.82) is 0 Å². The number of likely N-dealkylation sites (tertiary alicyclic amines) is 1. The van der Waals surface area contributed by atoms with Crippen molar-refractivity contribution in [1.82, 2.24) is 14.9 Å². The van der Waals surface area contributed by atoms with E-state index in [0.29, 0.717) is 24.7 Å². The molecule has 1 aromatic carbocycles. The van der Waals surface area contributed by atoms with Gasteiger partial charge in [-0.1, -0.05) is 0 Å². The number of aliphatic carboxylic acids is 1. The van der Waals surface area contributed by atoms with Crippen molar-refractivity contribution >= 4 is 16.9 Å². The fourth-order valence-corrected chi connectivity index (χ4v) is 5.52. The first-order valence-electron chi connectivity index (χ1n) is 13.0. The summed E-state index contributed by atoms with van der Waals surface area (Å²) in [6.45, 7) is 2.97. The van der Waals surface area contributed by atoms with Crippen LogP contribution in [0, 0.1) is 11.8 Å². The second kappa shape index (κ2) is 12.8. The van der Waals surface area contributed by atoms with Crippen molar-refractivity contribution in [2.75, 3.05) is 26.7 Å². The number of ether oxygens (including phenoxy) is 1. The lowest BCUT2D eigenvalue weighted by Crippen LogP contribution is -2.41. The summed E-state index contributed by atoms with van der Waals surface area (Å²) in [7, 11) is 1.64. The highest BCUT2D eigenvalue weighted by Gasteiger charge is 2.30.